The van der Waals surface area contributed by atoms with E-state index >= 15 is 0 Å². The molecule has 0 aliphatic carbocycles. The lowest BCUT2D eigenvalue weighted by Gasteiger charge is -2.24. The summed E-state index contributed by atoms with van der Waals surface area (Å²) >= 11 is 0. The Labute approximate surface area is 171 Å². The summed E-state index contributed by atoms with van der Waals surface area (Å²) in [6.07, 6.45) is 2.83. The van der Waals surface area contributed by atoms with E-state index in [1.165, 1.54) is 5.56 Å². The van der Waals surface area contributed by atoms with Crippen molar-refractivity contribution in [3.8, 4) is 0 Å². The highest BCUT2D eigenvalue weighted by molar-refractivity contribution is 6.60. The van der Waals surface area contributed by atoms with Gasteiger partial charge in [0.15, 0.2) is 0 Å². The highest BCUT2D eigenvalue weighted by atomic mass is 35.5. The Balaban J connectivity index is 0. The summed E-state index contributed by atoms with van der Waals surface area (Å²) in [5.74, 6) is 0. The lowest BCUT2D eigenvalue weighted by Crippen LogP contribution is -2.43. The molecule has 154 valence electrons. The van der Waals surface area contributed by atoms with Gasteiger partial charge in [0.25, 0.3) is 0 Å². The summed E-state index contributed by atoms with van der Waals surface area (Å²) in [6.45, 7) is 7.44. The van der Waals surface area contributed by atoms with Gasteiger partial charge in [-0.05, 0) is 24.1 Å². The van der Waals surface area contributed by atoms with Crippen LogP contribution in [0.15, 0.2) is 30.8 Å². The van der Waals surface area contributed by atoms with E-state index in [1.807, 2.05) is 6.08 Å². The van der Waals surface area contributed by atoms with E-state index < -0.39 is 18.1 Å². The van der Waals surface area contributed by atoms with Crippen LogP contribution >= 0.6 is 12.4 Å². The first kappa shape index (κ1) is 28.3. The van der Waals surface area contributed by atoms with Crippen molar-refractivity contribution in [2.45, 2.75) is 19.0 Å². The smallest absolute Gasteiger partial charge is 0.377 e. The number of benzene rings is 1. The van der Waals surface area contributed by atoms with E-state index in [2.05, 4.69) is 41.5 Å². The summed E-state index contributed by atoms with van der Waals surface area (Å²) in [6, 6.07) is 9.25. The maximum Gasteiger partial charge on any atom is 0.549 e. The Kier molecular flexibility index (Phi) is 19.3. The van der Waals surface area contributed by atoms with Crippen LogP contribution in [0, 0.1) is 0 Å². The SMILES string of the molecule is C=Cc1ccc(CNCCNCCC[Si](OC)(OC)OC)cc1.Cl.O=[Si]=O. The van der Waals surface area contributed by atoms with E-state index in [0.717, 1.165) is 44.2 Å². The topological polar surface area (TPSA) is 85.9 Å². The highest BCUT2D eigenvalue weighted by Crippen LogP contribution is 2.14. The van der Waals surface area contributed by atoms with Gasteiger partial charge >= 0.3 is 18.1 Å². The van der Waals surface area contributed by atoms with Crippen LogP contribution < -0.4 is 10.6 Å². The zero-order chi connectivity index (χ0) is 19.7. The van der Waals surface area contributed by atoms with Gasteiger partial charge in [-0.3, -0.25) is 8.92 Å². The van der Waals surface area contributed by atoms with Crippen LogP contribution in [0.2, 0.25) is 6.04 Å². The maximum absolute atomic E-state index is 8.40. The number of halogens is 1. The molecule has 0 atom stereocenters. The zero-order valence-electron chi connectivity index (χ0n) is 16.3. The maximum atomic E-state index is 8.40. The van der Waals surface area contributed by atoms with Crippen molar-refractivity contribution in [3.63, 3.8) is 0 Å². The van der Waals surface area contributed by atoms with Gasteiger partial charge in [-0.2, -0.15) is 0 Å². The molecule has 0 spiro atoms. The van der Waals surface area contributed by atoms with Gasteiger partial charge in [0.1, 0.15) is 0 Å². The molecular formula is C17H31ClN2O5Si2. The fraction of sp³-hybridized carbons (Fsp3) is 0.529. The van der Waals surface area contributed by atoms with Crippen molar-refractivity contribution in [2.75, 3.05) is 41.0 Å². The first-order valence-electron chi connectivity index (χ1n) is 8.38. The minimum Gasteiger partial charge on any atom is -0.377 e. The average molecular weight is 435 g/mol. The van der Waals surface area contributed by atoms with Crippen molar-refractivity contribution < 1.29 is 22.2 Å². The third-order valence-electron chi connectivity index (χ3n) is 3.79. The number of hydrogen-bond donors (Lipinski definition) is 2. The van der Waals surface area contributed by atoms with Crippen LogP contribution in [0.5, 0.6) is 0 Å². The van der Waals surface area contributed by atoms with Gasteiger partial charge in [-0.25, -0.2) is 0 Å². The van der Waals surface area contributed by atoms with Crippen LogP contribution in [-0.4, -0.2) is 59.1 Å². The number of nitrogens with one attached hydrogen (secondary N) is 2. The van der Waals surface area contributed by atoms with Crippen LogP contribution in [0.4, 0.5) is 0 Å². The molecule has 1 rings (SSSR count). The average Bonchev–Trinajstić information content (AvgIpc) is 2.68. The molecule has 2 N–H and O–H groups in total. The molecule has 0 aliphatic rings. The molecule has 0 saturated carbocycles. The molecule has 0 unspecified atom stereocenters. The van der Waals surface area contributed by atoms with Gasteiger partial charge in [0, 0.05) is 47.0 Å². The minimum atomic E-state index is -2.41. The van der Waals surface area contributed by atoms with Crippen molar-refractivity contribution >= 4 is 36.6 Å². The standard InChI is InChI=1S/C17H30N2O3Si.ClH.O2Si/c1-5-16-7-9-17(10-8-16)15-19-13-12-18-11-6-14-23(20-2,21-3)22-4;;1-3-2/h5,7-10,18-19H,1,6,11-15H2,2-4H3;1H;. The summed E-state index contributed by atoms with van der Waals surface area (Å²) in [7, 11) is 1.13. The largest absolute Gasteiger partial charge is 0.549 e. The molecule has 0 heterocycles. The second kappa shape index (κ2) is 18.4. The molecule has 7 nitrogen and oxygen atoms in total. The molecule has 0 aliphatic heterocycles. The van der Waals surface area contributed by atoms with E-state index in [4.69, 9.17) is 22.2 Å². The highest BCUT2D eigenvalue weighted by Gasteiger charge is 2.36. The number of hydrogen-bond acceptors (Lipinski definition) is 7. The predicted octanol–water partition coefficient (Wildman–Crippen LogP) is 2.08. The van der Waals surface area contributed by atoms with Crippen LogP contribution in [0.1, 0.15) is 17.5 Å². The van der Waals surface area contributed by atoms with E-state index in [-0.39, 0.29) is 12.4 Å². The lowest BCUT2D eigenvalue weighted by atomic mass is 10.1. The fourth-order valence-corrected chi connectivity index (χ4v) is 4.01. The molecule has 0 amide bonds. The van der Waals surface area contributed by atoms with Crippen molar-refractivity contribution in [2.24, 2.45) is 0 Å². The molecular weight excluding hydrogens is 404 g/mol. The first-order chi connectivity index (χ1) is 12.6. The third kappa shape index (κ3) is 13.0. The summed E-state index contributed by atoms with van der Waals surface area (Å²) in [5.41, 5.74) is 2.44. The molecule has 10 heteroatoms. The monoisotopic (exact) mass is 434 g/mol. The molecule has 0 bridgehead atoms. The van der Waals surface area contributed by atoms with Gasteiger partial charge in [-0.1, -0.05) is 36.9 Å². The minimum absolute atomic E-state index is 0. The fourth-order valence-electron chi connectivity index (χ4n) is 2.29. The van der Waals surface area contributed by atoms with Gasteiger partial charge in [0.2, 0.25) is 0 Å². The second-order valence-electron chi connectivity index (χ2n) is 5.35. The quantitative estimate of drug-likeness (QED) is 0.363. The second-order valence-corrected chi connectivity index (χ2v) is 8.61. The summed E-state index contributed by atoms with van der Waals surface area (Å²) in [5, 5.41) is 6.84. The Hall–Kier alpha value is -0.916. The predicted molar refractivity (Wildman–Crippen MR) is 112 cm³/mol. The Morgan fingerprint density at radius 3 is 2.00 bits per heavy atom. The van der Waals surface area contributed by atoms with Gasteiger partial charge < -0.3 is 23.9 Å². The summed E-state index contributed by atoms with van der Waals surface area (Å²) < 4.78 is 33.0. The molecule has 0 aromatic heterocycles. The lowest BCUT2D eigenvalue weighted by molar-refractivity contribution is 0.123. The Morgan fingerprint density at radius 1 is 1.00 bits per heavy atom. The van der Waals surface area contributed by atoms with Gasteiger partial charge in [0.05, 0.1) is 0 Å². The van der Waals surface area contributed by atoms with Crippen molar-refractivity contribution in [1.82, 2.24) is 10.6 Å². The zero-order valence-corrected chi connectivity index (χ0v) is 19.1. The first-order valence-corrected chi connectivity index (χ1v) is 11.1. The van der Waals surface area contributed by atoms with E-state index in [0.29, 0.717) is 0 Å². The molecule has 0 fully saturated rings. The van der Waals surface area contributed by atoms with Gasteiger partial charge in [-0.15, -0.1) is 12.4 Å². The van der Waals surface area contributed by atoms with E-state index in [9.17, 15) is 0 Å². The van der Waals surface area contributed by atoms with Crippen LogP contribution in [0.25, 0.3) is 6.08 Å². The molecule has 0 saturated heterocycles. The normalized spacial score (nSPS) is 10.2. The van der Waals surface area contributed by atoms with Crippen molar-refractivity contribution in [3.05, 3.63) is 42.0 Å². The molecule has 0 radical (unpaired) electrons. The Bertz CT molecular complexity index is 516. The van der Waals surface area contributed by atoms with E-state index in [1.54, 1.807) is 21.3 Å². The van der Waals surface area contributed by atoms with Crippen molar-refractivity contribution in [1.29, 1.82) is 0 Å². The molecule has 1 aromatic rings. The summed E-state index contributed by atoms with van der Waals surface area (Å²) in [4.78, 5) is 0. The number of rotatable bonds is 13. The Morgan fingerprint density at radius 2 is 1.52 bits per heavy atom. The molecule has 1 aromatic carbocycles. The third-order valence-corrected chi connectivity index (χ3v) is 6.62. The van der Waals surface area contributed by atoms with Crippen LogP contribution in [0.3, 0.4) is 0 Å². The molecule has 27 heavy (non-hydrogen) atoms. The van der Waals surface area contributed by atoms with Crippen LogP contribution in [-0.2, 0) is 28.7 Å².